The summed E-state index contributed by atoms with van der Waals surface area (Å²) >= 11 is 0. The maximum absolute atomic E-state index is 11.6. The molecule has 0 bridgehead atoms. The molecule has 0 aromatic carbocycles. The van der Waals surface area contributed by atoms with E-state index in [2.05, 4.69) is 25.8 Å². The van der Waals surface area contributed by atoms with Crippen molar-refractivity contribution in [3.05, 3.63) is 0 Å². The van der Waals surface area contributed by atoms with Crippen molar-refractivity contribution in [1.29, 1.82) is 0 Å². The number of ether oxygens (including phenoxy) is 1. The Morgan fingerprint density at radius 2 is 1.65 bits per heavy atom. The second kappa shape index (κ2) is 8.48. The second-order valence-electron chi connectivity index (χ2n) is 8.33. The molecule has 0 unspecified atom stereocenters. The minimum atomic E-state index is -0.0487. The molecule has 2 aliphatic rings. The van der Waals surface area contributed by atoms with Gasteiger partial charge in [0.1, 0.15) is 0 Å². The molecule has 1 saturated carbocycles. The molecule has 2 rings (SSSR count). The van der Waals surface area contributed by atoms with E-state index in [4.69, 9.17) is 9.57 Å². The lowest BCUT2D eigenvalue weighted by Gasteiger charge is -2.39. The van der Waals surface area contributed by atoms with E-state index in [1.807, 2.05) is 6.92 Å². The molecule has 0 aromatic rings. The van der Waals surface area contributed by atoms with Crippen LogP contribution in [0.1, 0.15) is 72.6 Å². The Balaban J connectivity index is 1.64. The lowest BCUT2D eigenvalue weighted by atomic mass is 9.72. The molecule has 0 atom stereocenters. The first kappa shape index (κ1) is 18.7. The Morgan fingerprint density at radius 3 is 2.17 bits per heavy atom. The van der Waals surface area contributed by atoms with Crippen LogP contribution in [-0.4, -0.2) is 36.8 Å². The summed E-state index contributed by atoms with van der Waals surface area (Å²) in [5, 5.41) is 2.14. The van der Waals surface area contributed by atoms with Gasteiger partial charge in [0, 0.05) is 19.5 Å². The van der Waals surface area contributed by atoms with Crippen molar-refractivity contribution in [2.24, 2.45) is 17.3 Å². The first-order valence-corrected chi connectivity index (χ1v) is 9.45. The zero-order chi connectivity index (χ0) is 16.9. The Bertz CT molecular complexity index is 361. The number of nitrogens with zero attached hydrogens (tertiary/aromatic N) is 1. The normalized spacial score (nSPS) is 27.8. The highest BCUT2D eigenvalue weighted by Gasteiger charge is 2.31. The lowest BCUT2D eigenvalue weighted by Crippen LogP contribution is -2.39. The maximum atomic E-state index is 11.6. The van der Waals surface area contributed by atoms with Crippen molar-refractivity contribution in [3.8, 4) is 0 Å². The molecule has 4 heteroatoms. The van der Waals surface area contributed by atoms with Gasteiger partial charge in [-0.25, -0.2) is 0 Å². The van der Waals surface area contributed by atoms with Gasteiger partial charge in [-0.1, -0.05) is 20.8 Å². The van der Waals surface area contributed by atoms with Crippen LogP contribution in [0.2, 0.25) is 0 Å². The van der Waals surface area contributed by atoms with Gasteiger partial charge in [-0.05, 0) is 62.7 Å². The van der Waals surface area contributed by atoms with Crippen LogP contribution in [0.15, 0.2) is 0 Å². The highest BCUT2D eigenvalue weighted by molar-refractivity contribution is 5.69. The number of esters is 1. The van der Waals surface area contributed by atoms with Crippen molar-refractivity contribution in [2.45, 2.75) is 78.7 Å². The SMILES string of the molecule is CCOC(=O)CC1CCN(OC2CCC(C(C)(C)C)CC2)CC1. The number of hydrogen-bond donors (Lipinski definition) is 0. The molecule has 1 aliphatic heterocycles. The monoisotopic (exact) mass is 325 g/mol. The molecule has 0 spiro atoms. The molecule has 2 fully saturated rings. The Morgan fingerprint density at radius 1 is 1.04 bits per heavy atom. The summed E-state index contributed by atoms with van der Waals surface area (Å²) < 4.78 is 5.05. The number of hydrogen-bond acceptors (Lipinski definition) is 4. The molecule has 0 aromatic heterocycles. The number of piperidine rings is 1. The summed E-state index contributed by atoms with van der Waals surface area (Å²) in [5.41, 5.74) is 0.427. The smallest absolute Gasteiger partial charge is 0.306 e. The molecule has 134 valence electrons. The molecule has 1 saturated heterocycles. The van der Waals surface area contributed by atoms with Gasteiger partial charge < -0.3 is 4.74 Å². The first-order valence-electron chi connectivity index (χ1n) is 9.45. The number of carbonyl (C=O) groups is 1. The van der Waals surface area contributed by atoms with Gasteiger partial charge in [0.15, 0.2) is 0 Å². The second-order valence-corrected chi connectivity index (χ2v) is 8.33. The van der Waals surface area contributed by atoms with Gasteiger partial charge in [-0.2, -0.15) is 5.06 Å². The van der Waals surface area contributed by atoms with Gasteiger partial charge in [0.25, 0.3) is 0 Å². The lowest BCUT2D eigenvalue weighted by molar-refractivity contribution is -0.220. The van der Waals surface area contributed by atoms with Crippen molar-refractivity contribution >= 4 is 5.97 Å². The van der Waals surface area contributed by atoms with E-state index in [0.717, 1.165) is 31.8 Å². The number of hydroxylamine groups is 2. The standard InChI is InChI=1S/C19H35NO3/c1-5-22-18(21)14-15-10-12-20(13-11-15)23-17-8-6-16(7-9-17)19(2,3)4/h15-17H,5-14H2,1-4H3. The van der Waals surface area contributed by atoms with Crippen LogP contribution >= 0.6 is 0 Å². The summed E-state index contributed by atoms with van der Waals surface area (Å²) in [6.45, 7) is 11.3. The molecule has 0 amide bonds. The molecular weight excluding hydrogens is 290 g/mol. The van der Waals surface area contributed by atoms with E-state index in [9.17, 15) is 4.79 Å². The van der Waals surface area contributed by atoms with Crippen LogP contribution in [0.3, 0.4) is 0 Å². The molecule has 23 heavy (non-hydrogen) atoms. The van der Waals surface area contributed by atoms with Crippen molar-refractivity contribution in [1.82, 2.24) is 5.06 Å². The zero-order valence-electron chi connectivity index (χ0n) is 15.5. The fraction of sp³-hybridized carbons (Fsp3) is 0.947. The van der Waals surface area contributed by atoms with E-state index in [0.29, 0.717) is 30.5 Å². The summed E-state index contributed by atoms with van der Waals surface area (Å²) in [5.74, 6) is 1.25. The maximum Gasteiger partial charge on any atom is 0.306 e. The third-order valence-electron chi connectivity index (χ3n) is 5.53. The van der Waals surface area contributed by atoms with Crippen LogP contribution in [0, 0.1) is 17.3 Å². The van der Waals surface area contributed by atoms with Crippen molar-refractivity contribution in [3.63, 3.8) is 0 Å². The summed E-state index contributed by atoms with van der Waals surface area (Å²) in [6.07, 6.45) is 7.98. The number of carbonyl (C=O) groups excluding carboxylic acids is 1. The van der Waals surface area contributed by atoms with Gasteiger partial charge in [0.2, 0.25) is 0 Å². The van der Waals surface area contributed by atoms with E-state index >= 15 is 0 Å². The summed E-state index contributed by atoms with van der Waals surface area (Å²) in [6, 6.07) is 0. The molecule has 1 aliphatic carbocycles. The van der Waals surface area contributed by atoms with Crippen molar-refractivity contribution in [2.75, 3.05) is 19.7 Å². The van der Waals surface area contributed by atoms with E-state index in [1.165, 1.54) is 25.7 Å². The number of rotatable bonds is 5. The molecule has 0 radical (unpaired) electrons. The largest absolute Gasteiger partial charge is 0.466 e. The first-order chi connectivity index (χ1) is 10.9. The predicted molar refractivity (Wildman–Crippen MR) is 91.8 cm³/mol. The highest BCUT2D eigenvalue weighted by atomic mass is 16.7. The minimum Gasteiger partial charge on any atom is -0.466 e. The van der Waals surface area contributed by atoms with Gasteiger partial charge in [0.05, 0.1) is 12.7 Å². The van der Waals surface area contributed by atoms with E-state index in [1.54, 1.807) is 0 Å². The van der Waals surface area contributed by atoms with Crippen LogP contribution in [-0.2, 0) is 14.4 Å². The average Bonchev–Trinajstić information content (AvgIpc) is 2.49. The zero-order valence-corrected chi connectivity index (χ0v) is 15.5. The summed E-state index contributed by atoms with van der Waals surface area (Å²) in [7, 11) is 0. The minimum absolute atomic E-state index is 0.0487. The topological polar surface area (TPSA) is 38.8 Å². The average molecular weight is 325 g/mol. The van der Waals surface area contributed by atoms with Crippen LogP contribution in [0.5, 0.6) is 0 Å². The molecule has 4 nitrogen and oxygen atoms in total. The van der Waals surface area contributed by atoms with Gasteiger partial charge in [-0.15, -0.1) is 0 Å². The summed E-state index contributed by atoms with van der Waals surface area (Å²) in [4.78, 5) is 17.8. The van der Waals surface area contributed by atoms with E-state index < -0.39 is 0 Å². The fourth-order valence-electron chi connectivity index (χ4n) is 3.92. The van der Waals surface area contributed by atoms with E-state index in [-0.39, 0.29) is 5.97 Å². The highest BCUT2D eigenvalue weighted by Crippen LogP contribution is 2.38. The van der Waals surface area contributed by atoms with Crippen LogP contribution in [0.4, 0.5) is 0 Å². The van der Waals surface area contributed by atoms with Gasteiger partial charge in [-0.3, -0.25) is 9.63 Å². The molecule has 0 N–H and O–H groups in total. The quantitative estimate of drug-likeness (QED) is 0.711. The third-order valence-corrected chi connectivity index (χ3v) is 5.53. The Kier molecular flexibility index (Phi) is 6.90. The third kappa shape index (κ3) is 6.07. The Labute approximate surface area is 141 Å². The molecular formula is C19H35NO3. The van der Waals surface area contributed by atoms with Crippen molar-refractivity contribution < 1.29 is 14.4 Å². The predicted octanol–water partition coefficient (Wildman–Crippen LogP) is 4.19. The fourth-order valence-corrected chi connectivity index (χ4v) is 3.92. The van der Waals surface area contributed by atoms with Crippen LogP contribution < -0.4 is 0 Å². The van der Waals surface area contributed by atoms with Crippen LogP contribution in [0.25, 0.3) is 0 Å². The van der Waals surface area contributed by atoms with Gasteiger partial charge >= 0.3 is 5.97 Å². The molecule has 1 heterocycles. The Hall–Kier alpha value is -0.610.